The molecule has 0 spiro atoms. The minimum absolute atomic E-state index is 0.174. The molecule has 2 atom stereocenters. The first-order valence-corrected chi connectivity index (χ1v) is 7.31. The number of carbonyl (C=O) groups excluding carboxylic acids is 1. The van der Waals surface area contributed by atoms with Gasteiger partial charge in [-0.05, 0) is 41.9 Å². The number of nitrogens with one attached hydrogen (secondary N) is 2. The molecule has 0 aromatic heterocycles. The van der Waals surface area contributed by atoms with Crippen LogP contribution in [0.15, 0.2) is 24.3 Å². The Balaban J connectivity index is 1.68. The Morgan fingerprint density at radius 2 is 1.90 bits per heavy atom. The molecule has 5 heteroatoms. The number of urea groups is 1. The van der Waals surface area contributed by atoms with Gasteiger partial charge in [-0.3, -0.25) is 0 Å². The van der Waals surface area contributed by atoms with Gasteiger partial charge >= 0.3 is 12.0 Å². The van der Waals surface area contributed by atoms with Gasteiger partial charge in [0, 0.05) is 13.1 Å². The van der Waals surface area contributed by atoms with Gasteiger partial charge < -0.3 is 15.7 Å². The molecular weight excluding hydrogens is 268 g/mol. The number of amides is 2. The van der Waals surface area contributed by atoms with Gasteiger partial charge in [0.2, 0.25) is 0 Å². The molecule has 5 nitrogen and oxygen atoms in total. The zero-order chi connectivity index (χ0) is 15.4. The topological polar surface area (TPSA) is 78.4 Å². The Morgan fingerprint density at radius 3 is 2.43 bits per heavy atom. The lowest BCUT2D eigenvalue weighted by atomic mass is 10.1. The van der Waals surface area contributed by atoms with Crippen molar-refractivity contribution >= 4 is 12.0 Å². The van der Waals surface area contributed by atoms with E-state index in [0.717, 1.165) is 18.0 Å². The molecule has 2 rings (SSSR count). The molecule has 1 aromatic rings. The third-order valence-corrected chi connectivity index (χ3v) is 4.01. The Hall–Kier alpha value is -2.04. The van der Waals surface area contributed by atoms with E-state index in [1.54, 1.807) is 12.1 Å². The molecule has 1 fully saturated rings. The molecule has 3 N–H and O–H groups in total. The van der Waals surface area contributed by atoms with E-state index < -0.39 is 5.97 Å². The SMILES string of the molecule is CC(C)[C@@H]1C[C@H]1CNC(=O)NCc1ccc(C(=O)O)cc1. The molecule has 0 bridgehead atoms. The lowest BCUT2D eigenvalue weighted by Crippen LogP contribution is -2.36. The molecule has 0 radical (unpaired) electrons. The van der Waals surface area contributed by atoms with Gasteiger partial charge in [-0.1, -0.05) is 26.0 Å². The molecule has 1 aliphatic rings. The molecular formula is C16H22N2O3. The number of carboxylic acids is 1. The predicted octanol–water partition coefficient (Wildman–Crippen LogP) is 2.48. The zero-order valence-corrected chi connectivity index (χ0v) is 12.4. The fraction of sp³-hybridized carbons (Fsp3) is 0.500. The predicted molar refractivity (Wildman–Crippen MR) is 80.1 cm³/mol. The van der Waals surface area contributed by atoms with Gasteiger partial charge in [-0.2, -0.15) is 0 Å². The highest BCUT2D eigenvalue weighted by molar-refractivity contribution is 5.87. The quantitative estimate of drug-likeness (QED) is 0.753. The van der Waals surface area contributed by atoms with E-state index in [2.05, 4.69) is 24.5 Å². The summed E-state index contributed by atoms with van der Waals surface area (Å²) in [6, 6.07) is 6.31. The second-order valence-corrected chi connectivity index (χ2v) is 5.97. The minimum atomic E-state index is -0.948. The molecule has 21 heavy (non-hydrogen) atoms. The fourth-order valence-electron chi connectivity index (χ4n) is 2.56. The number of hydrogen-bond acceptors (Lipinski definition) is 2. The summed E-state index contributed by atoms with van der Waals surface area (Å²) in [6.45, 7) is 5.55. The summed E-state index contributed by atoms with van der Waals surface area (Å²) in [5.74, 6) is 1.10. The Bertz CT molecular complexity index is 511. The van der Waals surface area contributed by atoms with Gasteiger partial charge in [0.05, 0.1) is 5.56 Å². The highest BCUT2D eigenvalue weighted by Crippen LogP contribution is 2.43. The van der Waals surface area contributed by atoms with E-state index in [-0.39, 0.29) is 11.6 Å². The van der Waals surface area contributed by atoms with E-state index in [1.807, 2.05) is 0 Å². The standard InChI is InChI=1S/C16H22N2O3/c1-10(2)14-7-13(14)9-18-16(21)17-8-11-3-5-12(6-4-11)15(19)20/h3-6,10,13-14H,7-9H2,1-2H3,(H,19,20)(H2,17,18,21)/t13-,14-/m0/s1. The van der Waals surface area contributed by atoms with E-state index in [1.165, 1.54) is 18.6 Å². The summed E-state index contributed by atoms with van der Waals surface area (Å²) < 4.78 is 0. The number of carbonyl (C=O) groups is 2. The van der Waals surface area contributed by atoms with Crippen LogP contribution in [0.3, 0.4) is 0 Å². The Kier molecular flexibility index (Phi) is 4.83. The van der Waals surface area contributed by atoms with Crippen molar-refractivity contribution in [1.82, 2.24) is 10.6 Å². The van der Waals surface area contributed by atoms with Gasteiger partial charge in [-0.25, -0.2) is 9.59 Å². The van der Waals surface area contributed by atoms with Crippen LogP contribution in [0.5, 0.6) is 0 Å². The highest BCUT2D eigenvalue weighted by atomic mass is 16.4. The van der Waals surface area contributed by atoms with Crippen molar-refractivity contribution in [3.8, 4) is 0 Å². The Morgan fingerprint density at radius 1 is 1.24 bits per heavy atom. The number of benzene rings is 1. The van der Waals surface area contributed by atoms with Crippen molar-refractivity contribution in [1.29, 1.82) is 0 Å². The summed E-state index contributed by atoms with van der Waals surface area (Å²) in [5, 5.41) is 14.5. The zero-order valence-electron chi connectivity index (χ0n) is 12.4. The summed E-state index contributed by atoms with van der Waals surface area (Å²) in [4.78, 5) is 22.4. The lowest BCUT2D eigenvalue weighted by Gasteiger charge is -2.08. The fourth-order valence-corrected chi connectivity index (χ4v) is 2.56. The van der Waals surface area contributed by atoms with Crippen LogP contribution in [0.4, 0.5) is 4.79 Å². The van der Waals surface area contributed by atoms with Gasteiger partial charge in [0.1, 0.15) is 0 Å². The minimum Gasteiger partial charge on any atom is -0.478 e. The van der Waals surface area contributed by atoms with Crippen LogP contribution < -0.4 is 10.6 Å². The highest BCUT2D eigenvalue weighted by Gasteiger charge is 2.38. The molecule has 1 aliphatic carbocycles. The monoisotopic (exact) mass is 290 g/mol. The smallest absolute Gasteiger partial charge is 0.335 e. The van der Waals surface area contributed by atoms with Crippen molar-refractivity contribution in [3.63, 3.8) is 0 Å². The van der Waals surface area contributed by atoms with Crippen molar-refractivity contribution in [3.05, 3.63) is 35.4 Å². The maximum Gasteiger partial charge on any atom is 0.335 e. The number of rotatable bonds is 6. The number of carboxylic acid groups (broad SMARTS) is 1. The van der Waals surface area contributed by atoms with Crippen LogP contribution in [0.2, 0.25) is 0 Å². The van der Waals surface area contributed by atoms with Crippen molar-refractivity contribution in [2.75, 3.05) is 6.54 Å². The molecule has 0 aliphatic heterocycles. The van der Waals surface area contributed by atoms with Crippen molar-refractivity contribution < 1.29 is 14.7 Å². The van der Waals surface area contributed by atoms with Crippen LogP contribution in [-0.2, 0) is 6.54 Å². The van der Waals surface area contributed by atoms with Crippen LogP contribution in [-0.4, -0.2) is 23.7 Å². The first-order chi connectivity index (χ1) is 9.97. The summed E-state index contributed by atoms with van der Waals surface area (Å²) in [7, 11) is 0. The second-order valence-electron chi connectivity index (χ2n) is 5.97. The normalized spacial score (nSPS) is 20.1. The maximum atomic E-state index is 11.7. The third kappa shape index (κ3) is 4.48. The summed E-state index contributed by atoms with van der Waals surface area (Å²) in [6.07, 6.45) is 1.20. The summed E-state index contributed by atoms with van der Waals surface area (Å²) in [5.41, 5.74) is 1.12. The average molecular weight is 290 g/mol. The molecule has 1 aromatic carbocycles. The van der Waals surface area contributed by atoms with E-state index in [0.29, 0.717) is 18.4 Å². The molecule has 0 saturated heterocycles. The second kappa shape index (κ2) is 6.61. The largest absolute Gasteiger partial charge is 0.478 e. The van der Waals surface area contributed by atoms with Crippen LogP contribution >= 0.6 is 0 Å². The first kappa shape index (κ1) is 15.4. The average Bonchev–Trinajstić information content (AvgIpc) is 3.23. The van der Waals surface area contributed by atoms with Crippen LogP contribution in [0, 0.1) is 17.8 Å². The van der Waals surface area contributed by atoms with E-state index in [4.69, 9.17) is 5.11 Å². The molecule has 0 unspecified atom stereocenters. The van der Waals surface area contributed by atoms with Crippen LogP contribution in [0.25, 0.3) is 0 Å². The summed E-state index contributed by atoms with van der Waals surface area (Å²) >= 11 is 0. The maximum absolute atomic E-state index is 11.7. The van der Waals surface area contributed by atoms with Gasteiger partial charge in [0.15, 0.2) is 0 Å². The molecule has 1 saturated carbocycles. The molecule has 0 heterocycles. The number of aromatic carboxylic acids is 1. The molecule has 2 amide bonds. The number of hydrogen-bond donors (Lipinski definition) is 3. The van der Waals surface area contributed by atoms with E-state index >= 15 is 0 Å². The van der Waals surface area contributed by atoms with E-state index in [9.17, 15) is 9.59 Å². The van der Waals surface area contributed by atoms with Gasteiger partial charge in [-0.15, -0.1) is 0 Å². The third-order valence-electron chi connectivity index (χ3n) is 4.01. The first-order valence-electron chi connectivity index (χ1n) is 7.31. The van der Waals surface area contributed by atoms with Crippen molar-refractivity contribution in [2.45, 2.75) is 26.8 Å². The molecule has 114 valence electrons. The van der Waals surface area contributed by atoms with Crippen LogP contribution in [0.1, 0.15) is 36.2 Å². The lowest BCUT2D eigenvalue weighted by molar-refractivity contribution is 0.0697. The Labute approximate surface area is 124 Å². The van der Waals surface area contributed by atoms with Crippen molar-refractivity contribution in [2.24, 2.45) is 17.8 Å². The van der Waals surface area contributed by atoms with Gasteiger partial charge in [0.25, 0.3) is 0 Å².